The van der Waals surface area contributed by atoms with Crippen molar-refractivity contribution in [3.8, 4) is 55.9 Å². The summed E-state index contributed by atoms with van der Waals surface area (Å²) in [5.41, 5.74) is 29.8. The highest BCUT2D eigenvalue weighted by atomic mass is 15.0. The highest BCUT2D eigenvalue weighted by Gasteiger charge is 2.36. The van der Waals surface area contributed by atoms with Gasteiger partial charge in [-0.15, -0.1) is 0 Å². The lowest BCUT2D eigenvalue weighted by Gasteiger charge is -2.22. The normalized spacial score (nSPS) is 12.7. The van der Waals surface area contributed by atoms with Crippen LogP contribution in [0.15, 0.2) is 358 Å². The molecule has 0 saturated heterocycles. The molecule has 7 nitrogen and oxygen atoms in total. The minimum absolute atomic E-state index is 0.0586. The summed E-state index contributed by atoms with van der Waals surface area (Å²) in [7, 11) is 0. The summed E-state index contributed by atoms with van der Waals surface area (Å²) in [5, 5.41) is 22.9. The van der Waals surface area contributed by atoms with E-state index in [0.29, 0.717) is 0 Å². The molecule has 0 radical (unpaired) electrons. The molecule has 0 fully saturated rings. The van der Waals surface area contributed by atoms with Gasteiger partial charge in [-0.05, 0) is 194 Å². The van der Waals surface area contributed by atoms with Gasteiger partial charge in [0.2, 0.25) is 0 Å². The number of aromatic nitrogens is 7. The fraction of sp³-hybridized carbons (Fsp3) is 0.0472. The molecular weight excluding hydrogens is 1370 g/mol. The number of H-pyrrole nitrogens is 3. The summed E-state index contributed by atoms with van der Waals surface area (Å²) in [5.74, 6) is 0. The van der Waals surface area contributed by atoms with Crippen LogP contribution in [0.5, 0.6) is 0 Å². The van der Waals surface area contributed by atoms with Crippen LogP contribution in [0.2, 0.25) is 0 Å². The molecule has 7 aromatic heterocycles. The Hall–Kier alpha value is -14.5. The van der Waals surface area contributed by atoms with E-state index in [0.717, 1.165) is 12.2 Å². The molecule has 1 aliphatic carbocycles. The lowest BCUT2D eigenvalue weighted by molar-refractivity contribution is 0.660. The number of nitrogens with zero attached hydrogens (tertiary/aromatic N) is 4. The lowest BCUT2D eigenvalue weighted by Crippen LogP contribution is -2.15. The predicted molar refractivity (Wildman–Crippen MR) is 479 cm³/mol. The molecule has 7 heterocycles. The third kappa shape index (κ3) is 9.77. The van der Waals surface area contributed by atoms with Gasteiger partial charge in [-0.1, -0.05) is 244 Å². The Balaban J connectivity index is 0.000000102. The fourth-order valence-corrected chi connectivity index (χ4v) is 19.5. The molecule has 0 saturated carbocycles. The number of aromatic amines is 3. The SMILES string of the molecule is CC1(C)c2ccccc2-c2ccc(-n3c4ccccc4c4cc(-c5ccc6[nH]c7ccccc7c6c5)c5ccccc5c43)cc21.CCn1c2ccccc2c2cc(-c3ccc4[nH]c5ccccc5c4c3)c3ccccc3c21.c1cncc(-n2c3ccccc3c3cc(-c4ccc5[nH]c6ccccc6c5c4)c4ccccc4c32)c1. The number of para-hydroxylation sites is 6. The maximum absolute atomic E-state index is 4.42. The molecule has 113 heavy (non-hydrogen) atoms. The second-order valence-electron chi connectivity index (χ2n) is 31.0. The van der Waals surface area contributed by atoms with Crippen LogP contribution in [0.25, 0.3) is 219 Å². The Morgan fingerprint density at radius 2 is 0.619 bits per heavy atom. The maximum Gasteiger partial charge on any atom is 0.0645 e. The van der Waals surface area contributed by atoms with E-state index in [1.54, 1.807) is 0 Å². The molecule has 0 aliphatic heterocycles. The van der Waals surface area contributed by atoms with Crippen molar-refractivity contribution < 1.29 is 0 Å². The topological polar surface area (TPSA) is 75.0 Å². The van der Waals surface area contributed by atoms with E-state index in [1.807, 2.05) is 18.5 Å². The van der Waals surface area contributed by atoms with Gasteiger partial charge in [-0.25, -0.2) is 0 Å². The zero-order valence-corrected chi connectivity index (χ0v) is 62.6. The molecule has 3 N–H and O–H groups in total. The van der Waals surface area contributed by atoms with Crippen LogP contribution in [-0.2, 0) is 12.0 Å². The molecule has 17 aromatic carbocycles. The van der Waals surface area contributed by atoms with Gasteiger partial charge >= 0.3 is 0 Å². The lowest BCUT2D eigenvalue weighted by atomic mass is 9.82. The predicted octanol–water partition coefficient (Wildman–Crippen LogP) is 28.4. The Morgan fingerprint density at radius 3 is 1.08 bits per heavy atom. The van der Waals surface area contributed by atoms with Gasteiger partial charge < -0.3 is 28.7 Å². The van der Waals surface area contributed by atoms with Crippen molar-refractivity contribution in [2.24, 2.45) is 0 Å². The zero-order valence-electron chi connectivity index (χ0n) is 62.6. The summed E-state index contributed by atoms with van der Waals surface area (Å²) in [6.45, 7) is 7.91. The van der Waals surface area contributed by atoms with E-state index in [9.17, 15) is 0 Å². The highest BCUT2D eigenvalue weighted by Crippen LogP contribution is 2.51. The molecule has 7 heteroatoms. The number of aryl methyl sites for hydroxylation is 1. The largest absolute Gasteiger partial charge is 0.355 e. The average Bonchev–Trinajstić information content (AvgIpc) is 1.57. The number of pyridine rings is 1. The van der Waals surface area contributed by atoms with E-state index in [4.69, 9.17) is 0 Å². The second kappa shape index (κ2) is 25.0. The first kappa shape index (κ1) is 64.5. The Kier molecular flexibility index (Phi) is 14.3. The van der Waals surface area contributed by atoms with Crippen molar-refractivity contribution in [1.29, 1.82) is 0 Å². The number of hydrogen-bond donors (Lipinski definition) is 3. The molecule has 1 aliphatic rings. The van der Waals surface area contributed by atoms with Gasteiger partial charge in [0, 0.05) is 143 Å². The van der Waals surface area contributed by atoms with Crippen LogP contribution in [-0.4, -0.2) is 33.6 Å². The maximum atomic E-state index is 4.42. The smallest absolute Gasteiger partial charge is 0.0645 e. The summed E-state index contributed by atoms with van der Waals surface area (Å²) in [4.78, 5) is 15.1. The summed E-state index contributed by atoms with van der Waals surface area (Å²) in [6, 6.07) is 126. The first-order valence-corrected chi connectivity index (χ1v) is 39.3. The fourth-order valence-electron chi connectivity index (χ4n) is 19.5. The summed E-state index contributed by atoms with van der Waals surface area (Å²) >= 11 is 0. The standard InChI is InChI=1S/C43H30N2.C33H21N3.C30H22N2/c1-43(2)37-16-8-5-12-29(37)30-21-20-27(24-38(30)43)45-41-18-10-7-14-32(41)36-25-34(28-11-3-4-15-33(28)42(36)45)26-19-22-40-35(23-26)31-13-6-9-17-39(31)44-40;1-2-12-26-23(9-1)27(21-15-16-31-28(18-21)24-10-3-5-13-30(24)35-31)19-29-25-11-4-6-14-32(25)36(33(26)29)22-8-7-17-34-20-22;1-2-32-29-14-8-6-11-22(29)26-18-24(20-9-3-4-12-23(20)30(26)32)19-15-16-28-25(17-19)21-10-5-7-13-27(21)31-28/h3-25,44H,1-2H3;1-20,35H;3-18,31H,2H2,1H3. The van der Waals surface area contributed by atoms with Gasteiger partial charge in [-0.3, -0.25) is 4.98 Å². The van der Waals surface area contributed by atoms with Gasteiger partial charge in [0.25, 0.3) is 0 Å². The Morgan fingerprint density at radius 1 is 0.257 bits per heavy atom. The van der Waals surface area contributed by atoms with Crippen LogP contribution in [0.4, 0.5) is 0 Å². The van der Waals surface area contributed by atoms with Crippen molar-refractivity contribution in [3.05, 3.63) is 369 Å². The minimum Gasteiger partial charge on any atom is -0.355 e. The van der Waals surface area contributed by atoms with Crippen molar-refractivity contribution in [2.45, 2.75) is 32.7 Å². The van der Waals surface area contributed by atoms with Gasteiger partial charge in [0.15, 0.2) is 0 Å². The minimum atomic E-state index is -0.0586. The summed E-state index contributed by atoms with van der Waals surface area (Å²) < 4.78 is 7.31. The van der Waals surface area contributed by atoms with Crippen molar-refractivity contribution >= 4 is 163 Å². The van der Waals surface area contributed by atoms with Crippen LogP contribution < -0.4 is 0 Å². The number of fused-ring (bicyclic) bond motifs is 27. The Bertz CT molecular complexity index is 8090. The molecule has 0 bridgehead atoms. The Labute approximate surface area is 650 Å². The first-order chi connectivity index (χ1) is 55.8. The van der Waals surface area contributed by atoms with Crippen LogP contribution in [0, 0.1) is 0 Å². The van der Waals surface area contributed by atoms with Gasteiger partial charge in [0.05, 0.1) is 39.5 Å². The van der Waals surface area contributed by atoms with E-state index in [1.165, 1.54) is 224 Å². The number of hydrogen-bond acceptors (Lipinski definition) is 1. The summed E-state index contributed by atoms with van der Waals surface area (Å²) in [6.07, 6.45) is 3.77. The quantitative estimate of drug-likeness (QED) is 0.152. The first-order valence-electron chi connectivity index (χ1n) is 39.3. The molecule has 0 spiro atoms. The van der Waals surface area contributed by atoms with Gasteiger partial charge in [0.1, 0.15) is 0 Å². The average molecular weight is 1440 g/mol. The molecule has 25 rings (SSSR count). The number of benzene rings is 17. The van der Waals surface area contributed by atoms with E-state index in [2.05, 4.69) is 394 Å². The van der Waals surface area contributed by atoms with Crippen LogP contribution in [0.1, 0.15) is 31.9 Å². The van der Waals surface area contributed by atoms with Gasteiger partial charge in [-0.2, -0.15) is 0 Å². The molecule has 0 unspecified atom stereocenters. The third-order valence-electron chi connectivity index (χ3n) is 24.6. The van der Waals surface area contributed by atoms with E-state index < -0.39 is 0 Å². The molecular formula is C106H73N7. The van der Waals surface area contributed by atoms with E-state index >= 15 is 0 Å². The molecule has 0 amide bonds. The van der Waals surface area contributed by atoms with Crippen LogP contribution >= 0.6 is 0 Å². The van der Waals surface area contributed by atoms with Crippen molar-refractivity contribution in [3.63, 3.8) is 0 Å². The van der Waals surface area contributed by atoms with Crippen molar-refractivity contribution in [2.75, 3.05) is 0 Å². The third-order valence-corrected chi connectivity index (χ3v) is 24.6. The van der Waals surface area contributed by atoms with Crippen molar-refractivity contribution in [1.82, 2.24) is 33.6 Å². The second-order valence-corrected chi connectivity index (χ2v) is 31.0. The molecule has 24 aromatic rings. The van der Waals surface area contributed by atoms with E-state index in [-0.39, 0.29) is 5.41 Å². The number of rotatable bonds is 6. The molecule has 532 valence electrons. The monoisotopic (exact) mass is 1440 g/mol. The zero-order chi connectivity index (χ0) is 74.7. The molecule has 0 atom stereocenters. The highest BCUT2D eigenvalue weighted by molar-refractivity contribution is 6.26. The number of nitrogens with one attached hydrogen (secondary N) is 3. The van der Waals surface area contributed by atoms with Crippen LogP contribution in [0.3, 0.4) is 0 Å².